The number of anilines is 2. The van der Waals surface area contributed by atoms with Crippen LogP contribution in [0, 0.1) is 0 Å². The number of benzene rings is 4. The summed E-state index contributed by atoms with van der Waals surface area (Å²) in [5.74, 6) is 0. The molecule has 0 saturated heterocycles. The lowest BCUT2D eigenvalue weighted by Gasteiger charge is -2.23. The van der Waals surface area contributed by atoms with Gasteiger partial charge in [0, 0.05) is 27.9 Å². The van der Waals surface area contributed by atoms with E-state index >= 15 is 0 Å². The highest BCUT2D eigenvalue weighted by molar-refractivity contribution is 5.93. The Morgan fingerprint density at radius 2 is 1.31 bits per heavy atom. The molecule has 0 heterocycles. The molecule has 0 radical (unpaired) electrons. The van der Waals surface area contributed by atoms with Crippen molar-refractivity contribution in [2.24, 2.45) is 0 Å². The second kappa shape index (κ2) is 7.38. The first-order valence-corrected chi connectivity index (χ1v) is 11.5. The van der Waals surface area contributed by atoms with Crippen molar-refractivity contribution in [2.45, 2.75) is 45.4 Å². The van der Waals surface area contributed by atoms with Gasteiger partial charge >= 0.3 is 0 Å². The predicted octanol–water partition coefficient (Wildman–Crippen LogP) is 8.70. The molecule has 0 atom stereocenters. The van der Waals surface area contributed by atoms with E-state index in [2.05, 4.69) is 131 Å². The SMILES string of the molecule is CC(C)(C)c1ccc(Nc2cccc3c2-c2ccccc2C3(C)C)c(-c2ccccc2)c1. The van der Waals surface area contributed by atoms with Crippen molar-refractivity contribution >= 4 is 11.4 Å². The van der Waals surface area contributed by atoms with Gasteiger partial charge in [0.15, 0.2) is 0 Å². The summed E-state index contributed by atoms with van der Waals surface area (Å²) >= 11 is 0. The van der Waals surface area contributed by atoms with Gasteiger partial charge < -0.3 is 5.32 Å². The van der Waals surface area contributed by atoms with Gasteiger partial charge in [0.25, 0.3) is 0 Å². The van der Waals surface area contributed by atoms with Crippen LogP contribution in [0.1, 0.15) is 51.3 Å². The van der Waals surface area contributed by atoms with E-state index in [1.165, 1.54) is 44.6 Å². The van der Waals surface area contributed by atoms with Gasteiger partial charge in [0.1, 0.15) is 0 Å². The van der Waals surface area contributed by atoms with E-state index in [0.717, 1.165) is 5.69 Å². The van der Waals surface area contributed by atoms with Crippen molar-refractivity contribution in [3.8, 4) is 22.3 Å². The van der Waals surface area contributed by atoms with Crippen LogP contribution in [0.4, 0.5) is 11.4 Å². The quantitative estimate of drug-likeness (QED) is 0.351. The number of hydrogen-bond donors (Lipinski definition) is 1. The minimum absolute atomic E-state index is 0.00195. The second-order valence-corrected chi connectivity index (χ2v) is 10.4. The lowest BCUT2D eigenvalue weighted by Crippen LogP contribution is -2.14. The Hall–Kier alpha value is -3.32. The molecule has 4 aromatic carbocycles. The highest BCUT2D eigenvalue weighted by Gasteiger charge is 2.36. The summed E-state index contributed by atoms with van der Waals surface area (Å²) in [4.78, 5) is 0. The molecule has 0 unspecified atom stereocenters. The van der Waals surface area contributed by atoms with Crippen LogP contribution >= 0.6 is 0 Å². The molecule has 1 nitrogen and oxygen atoms in total. The normalized spacial score (nSPS) is 14.0. The van der Waals surface area contributed by atoms with Gasteiger partial charge in [-0.25, -0.2) is 0 Å². The Balaban J connectivity index is 1.67. The fraction of sp³-hybridized carbons (Fsp3) is 0.226. The van der Waals surface area contributed by atoms with Gasteiger partial charge in [0.2, 0.25) is 0 Å². The molecule has 0 bridgehead atoms. The average Bonchev–Trinajstić information content (AvgIpc) is 3.02. The summed E-state index contributed by atoms with van der Waals surface area (Å²) in [6, 6.07) is 33.0. The van der Waals surface area contributed by atoms with Crippen molar-refractivity contribution in [1.29, 1.82) is 0 Å². The maximum Gasteiger partial charge on any atom is 0.0467 e. The van der Waals surface area contributed by atoms with Crippen LogP contribution in [-0.2, 0) is 10.8 Å². The minimum atomic E-state index is 0.00195. The predicted molar refractivity (Wildman–Crippen MR) is 138 cm³/mol. The molecular formula is C31H31N. The first kappa shape index (κ1) is 20.6. The van der Waals surface area contributed by atoms with Crippen LogP contribution in [-0.4, -0.2) is 0 Å². The lowest BCUT2D eigenvalue weighted by molar-refractivity contribution is 0.590. The molecule has 0 aliphatic heterocycles. The summed E-state index contributed by atoms with van der Waals surface area (Å²) in [6.07, 6.45) is 0. The van der Waals surface area contributed by atoms with Crippen LogP contribution in [0.15, 0.2) is 91.0 Å². The van der Waals surface area contributed by atoms with E-state index in [4.69, 9.17) is 0 Å². The summed E-state index contributed by atoms with van der Waals surface area (Å²) in [7, 11) is 0. The molecule has 1 N–H and O–H groups in total. The molecule has 4 aromatic rings. The van der Waals surface area contributed by atoms with Crippen molar-refractivity contribution in [2.75, 3.05) is 5.32 Å². The maximum absolute atomic E-state index is 3.83. The van der Waals surface area contributed by atoms with Crippen LogP contribution in [0.3, 0.4) is 0 Å². The van der Waals surface area contributed by atoms with Crippen LogP contribution in [0.5, 0.6) is 0 Å². The van der Waals surface area contributed by atoms with Crippen molar-refractivity contribution in [3.63, 3.8) is 0 Å². The van der Waals surface area contributed by atoms with E-state index in [1.54, 1.807) is 0 Å². The molecule has 1 heteroatoms. The third kappa shape index (κ3) is 3.33. The van der Waals surface area contributed by atoms with Crippen molar-refractivity contribution in [1.82, 2.24) is 0 Å². The molecule has 0 saturated carbocycles. The molecule has 1 aliphatic carbocycles. The molecular weight excluding hydrogens is 386 g/mol. The van der Waals surface area contributed by atoms with Crippen molar-refractivity contribution < 1.29 is 0 Å². The minimum Gasteiger partial charge on any atom is -0.355 e. The zero-order chi connectivity index (χ0) is 22.5. The van der Waals surface area contributed by atoms with Gasteiger partial charge in [-0.2, -0.15) is 0 Å². The topological polar surface area (TPSA) is 12.0 Å². The Morgan fingerprint density at radius 1 is 0.625 bits per heavy atom. The number of nitrogens with one attached hydrogen (secondary N) is 1. The molecule has 0 fully saturated rings. The number of hydrogen-bond acceptors (Lipinski definition) is 1. The van der Waals surface area contributed by atoms with E-state index in [9.17, 15) is 0 Å². The summed E-state index contributed by atoms with van der Waals surface area (Å²) in [5.41, 5.74) is 11.7. The Bertz CT molecular complexity index is 1290. The monoisotopic (exact) mass is 417 g/mol. The highest BCUT2D eigenvalue weighted by atomic mass is 14.9. The van der Waals surface area contributed by atoms with E-state index in [0.29, 0.717) is 0 Å². The van der Waals surface area contributed by atoms with Crippen LogP contribution in [0.2, 0.25) is 0 Å². The first-order chi connectivity index (χ1) is 15.3. The fourth-order valence-corrected chi connectivity index (χ4v) is 4.98. The Labute approximate surface area is 192 Å². The average molecular weight is 418 g/mol. The molecule has 5 rings (SSSR count). The van der Waals surface area contributed by atoms with Gasteiger partial charge in [-0.15, -0.1) is 0 Å². The third-order valence-corrected chi connectivity index (χ3v) is 6.85. The molecule has 0 amide bonds. The molecule has 0 aromatic heterocycles. The third-order valence-electron chi connectivity index (χ3n) is 6.85. The van der Waals surface area contributed by atoms with Gasteiger partial charge in [-0.05, 0) is 51.4 Å². The maximum atomic E-state index is 3.83. The van der Waals surface area contributed by atoms with E-state index in [1.807, 2.05) is 0 Å². The van der Waals surface area contributed by atoms with Crippen molar-refractivity contribution in [3.05, 3.63) is 108 Å². The largest absolute Gasteiger partial charge is 0.355 e. The van der Waals surface area contributed by atoms with Gasteiger partial charge in [-0.1, -0.05) is 107 Å². The molecule has 1 aliphatic rings. The summed E-state index contributed by atoms with van der Waals surface area (Å²) in [5, 5.41) is 3.83. The molecule has 160 valence electrons. The zero-order valence-electron chi connectivity index (χ0n) is 19.7. The van der Waals surface area contributed by atoms with E-state index < -0.39 is 0 Å². The highest BCUT2D eigenvalue weighted by Crippen LogP contribution is 2.52. The number of fused-ring (bicyclic) bond motifs is 3. The second-order valence-electron chi connectivity index (χ2n) is 10.4. The lowest BCUT2D eigenvalue weighted by atomic mass is 9.82. The summed E-state index contributed by atoms with van der Waals surface area (Å²) < 4.78 is 0. The van der Waals surface area contributed by atoms with E-state index in [-0.39, 0.29) is 10.8 Å². The Kier molecular flexibility index (Phi) is 4.74. The zero-order valence-corrected chi connectivity index (χ0v) is 19.7. The van der Waals surface area contributed by atoms with Gasteiger partial charge in [0.05, 0.1) is 0 Å². The van der Waals surface area contributed by atoms with Crippen LogP contribution in [0.25, 0.3) is 22.3 Å². The fourth-order valence-electron chi connectivity index (χ4n) is 4.98. The molecule has 32 heavy (non-hydrogen) atoms. The Morgan fingerprint density at radius 3 is 2.06 bits per heavy atom. The molecule has 0 spiro atoms. The standard InChI is InChI=1S/C31H31N/c1-30(2,3)22-18-19-27(24(20-22)21-12-7-6-8-13-21)32-28-17-11-16-26-29(28)23-14-9-10-15-25(23)31(26,4)5/h6-20,32H,1-5H3. The summed E-state index contributed by atoms with van der Waals surface area (Å²) in [6.45, 7) is 11.5. The number of rotatable bonds is 3. The smallest absolute Gasteiger partial charge is 0.0467 e. The van der Waals surface area contributed by atoms with Crippen LogP contribution < -0.4 is 5.32 Å². The van der Waals surface area contributed by atoms with Gasteiger partial charge in [-0.3, -0.25) is 0 Å². The first-order valence-electron chi connectivity index (χ1n) is 11.5.